The lowest BCUT2D eigenvalue weighted by Crippen LogP contribution is -2.41. The minimum Gasteiger partial charge on any atom is -0.481 e. The summed E-state index contributed by atoms with van der Waals surface area (Å²) in [6.45, 7) is 1.51. The number of rotatable bonds is 11. The summed E-state index contributed by atoms with van der Waals surface area (Å²) >= 11 is 0. The van der Waals surface area contributed by atoms with Gasteiger partial charge >= 0.3 is 17.9 Å². The molecule has 1 amide bonds. The summed E-state index contributed by atoms with van der Waals surface area (Å²) in [6.07, 6.45) is 1.46. The number of carbonyl (C=O) groups excluding carboxylic acids is 2. The predicted octanol–water partition coefficient (Wildman–Crippen LogP) is 2.42. The van der Waals surface area contributed by atoms with Crippen LogP contribution in [0.15, 0.2) is 54.1 Å². The summed E-state index contributed by atoms with van der Waals surface area (Å²) in [5, 5.41) is 27.7. The average molecular weight is 467 g/mol. The average Bonchev–Trinajstić information content (AvgIpc) is 2.78. The first kappa shape index (κ1) is 25.8. The van der Waals surface area contributed by atoms with Gasteiger partial charge in [-0.15, -0.1) is 0 Å². The Morgan fingerprint density at radius 1 is 1.03 bits per heavy atom. The van der Waals surface area contributed by atoms with Crippen LogP contribution in [0.5, 0.6) is 5.75 Å². The van der Waals surface area contributed by atoms with Crippen LogP contribution in [0.25, 0.3) is 6.08 Å². The van der Waals surface area contributed by atoms with Gasteiger partial charge in [0.25, 0.3) is 0 Å². The van der Waals surface area contributed by atoms with Crippen molar-refractivity contribution in [1.82, 2.24) is 5.32 Å². The Bertz CT molecular complexity index is 1110. The first-order valence-corrected chi connectivity index (χ1v) is 10.3. The van der Waals surface area contributed by atoms with E-state index >= 15 is 0 Å². The molecule has 6 N–H and O–H groups in total. The summed E-state index contributed by atoms with van der Waals surface area (Å²) in [4.78, 5) is 46.6. The Balaban J connectivity index is 1.99. The van der Waals surface area contributed by atoms with Crippen LogP contribution in [0, 0.1) is 5.41 Å². The zero-order chi connectivity index (χ0) is 25.3. The van der Waals surface area contributed by atoms with Gasteiger partial charge in [-0.25, -0.2) is 9.59 Å². The molecular formula is C24H25N3O7. The number of esters is 1. The summed E-state index contributed by atoms with van der Waals surface area (Å²) in [7, 11) is 0. The Labute approximate surface area is 195 Å². The molecule has 0 aliphatic heterocycles. The molecule has 0 spiro atoms. The quantitative estimate of drug-likeness (QED) is 0.110. The van der Waals surface area contributed by atoms with Crippen molar-refractivity contribution < 1.29 is 34.1 Å². The van der Waals surface area contributed by atoms with Crippen LogP contribution in [0.3, 0.4) is 0 Å². The first-order valence-electron chi connectivity index (χ1n) is 10.3. The molecule has 178 valence electrons. The van der Waals surface area contributed by atoms with E-state index in [1.165, 1.54) is 37.3 Å². The number of benzene rings is 2. The van der Waals surface area contributed by atoms with Gasteiger partial charge in [0, 0.05) is 17.6 Å². The van der Waals surface area contributed by atoms with E-state index in [2.05, 4.69) is 5.32 Å². The van der Waals surface area contributed by atoms with Gasteiger partial charge in [-0.2, -0.15) is 0 Å². The Morgan fingerprint density at radius 3 is 2.15 bits per heavy atom. The molecule has 0 bridgehead atoms. The molecule has 0 aliphatic carbocycles. The second-order valence-corrected chi connectivity index (χ2v) is 7.43. The van der Waals surface area contributed by atoms with Crippen molar-refractivity contribution in [1.29, 1.82) is 5.41 Å². The Morgan fingerprint density at radius 2 is 1.62 bits per heavy atom. The van der Waals surface area contributed by atoms with Crippen LogP contribution in [0.4, 0.5) is 0 Å². The molecule has 0 radical (unpaired) electrons. The largest absolute Gasteiger partial charge is 0.481 e. The molecule has 2 rings (SSSR count). The van der Waals surface area contributed by atoms with Crippen LogP contribution in [-0.4, -0.2) is 45.9 Å². The monoisotopic (exact) mass is 467 g/mol. The second-order valence-electron chi connectivity index (χ2n) is 7.43. The van der Waals surface area contributed by atoms with E-state index in [4.69, 9.17) is 21.0 Å². The standard InChI is InChI=1S/C24H25N3O7/c1-14(22(30)27-19(23(31)32)3-2-4-20(28)29)13-15-5-7-17(8-6-15)24(33)34-18-11-9-16(10-12-18)21(25)26/h5-13,19H,2-4H2,1H3,(H3,25,26)(H,27,30)(H,28,29)(H,31,32)/b14-13+. The highest BCUT2D eigenvalue weighted by atomic mass is 16.5. The molecule has 2 aromatic carbocycles. The maximum Gasteiger partial charge on any atom is 0.343 e. The van der Waals surface area contributed by atoms with E-state index in [1.807, 2.05) is 0 Å². The van der Waals surface area contributed by atoms with Gasteiger partial charge in [0.05, 0.1) is 5.56 Å². The van der Waals surface area contributed by atoms with E-state index in [1.54, 1.807) is 24.3 Å². The van der Waals surface area contributed by atoms with E-state index in [0.717, 1.165) is 0 Å². The predicted molar refractivity (Wildman–Crippen MR) is 124 cm³/mol. The van der Waals surface area contributed by atoms with Gasteiger partial charge in [0.15, 0.2) is 0 Å². The van der Waals surface area contributed by atoms with Gasteiger partial charge in [-0.1, -0.05) is 12.1 Å². The maximum absolute atomic E-state index is 12.3. The second kappa shape index (κ2) is 12.0. The maximum atomic E-state index is 12.3. The third kappa shape index (κ3) is 7.90. The number of amides is 1. The number of carboxylic acids is 2. The highest BCUT2D eigenvalue weighted by molar-refractivity contribution is 5.99. The molecule has 0 saturated heterocycles. The molecule has 0 heterocycles. The van der Waals surface area contributed by atoms with E-state index in [9.17, 15) is 24.3 Å². The highest BCUT2D eigenvalue weighted by Crippen LogP contribution is 2.16. The van der Waals surface area contributed by atoms with Crippen molar-refractivity contribution in [3.05, 3.63) is 70.8 Å². The highest BCUT2D eigenvalue weighted by Gasteiger charge is 2.20. The van der Waals surface area contributed by atoms with Crippen molar-refractivity contribution in [2.75, 3.05) is 0 Å². The number of nitrogens with two attached hydrogens (primary N) is 1. The van der Waals surface area contributed by atoms with E-state index in [0.29, 0.717) is 16.9 Å². The fraction of sp³-hybridized carbons (Fsp3) is 0.208. The minimum absolute atomic E-state index is 0.00502. The molecule has 34 heavy (non-hydrogen) atoms. The van der Waals surface area contributed by atoms with Gasteiger partial charge < -0.3 is 26.0 Å². The van der Waals surface area contributed by atoms with Crippen molar-refractivity contribution in [2.45, 2.75) is 32.2 Å². The third-order valence-electron chi connectivity index (χ3n) is 4.75. The normalized spacial score (nSPS) is 11.9. The number of carbonyl (C=O) groups is 4. The third-order valence-corrected chi connectivity index (χ3v) is 4.75. The lowest BCUT2D eigenvalue weighted by Gasteiger charge is -2.14. The van der Waals surface area contributed by atoms with Crippen LogP contribution in [0.2, 0.25) is 0 Å². The summed E-state index contributed by atoms with van der Waals surface area (Å²) < 4.78 is 5.29. The SMILES string of the molecule is C/C(=C\c1ccc(C(=O)Oc2ccc(C(=N)N)cc2)cc1)C(=O)NC(CCCC(=O)O)C(=O)O. The van der Waals surface area contributed by atoms with E-state index in [-0.39, 0.29) is 36.2 Å². The van der Waals surface area contributed by atoms with Crippen molar-refractivity contribution in [3.63, 3.8) is 0 Å². The van der Waals surface area contributed by atoms with Crippen LogP contribution >= 0.6 is 0 Å². The van der Waals surface area contributed by atoms with Crippen LogP contribution in [0.1, 0.15) is 47.7 Å². The molecule has 0 saturated carbocycles. The zero-order valence-corrected chi connectivity index (χ0v) is 18.4. The number of nitrogen functional groups attached to an aromatic ring is 1. The fourth-order valence-corrected chi connectivity index (χ4v) is 2.89. The van der Waals surface area contributed by atoms with Crippen molar-refractivity contribution in [3.8, 4) is 5.75 Å². The number of nitrogens with one attached hydrogen (secondary N) is 2. The molecular weight excluding hydrogens is 442 g/mol. The minimum atomic E-state index is -1.25. The number of ether oxygens (including phenoxy) is 1. The summed E-state index contributed by atoms with van der Waals surface area (Å²) in [5.41, 5.74) is 7.02. The number of carboxylic acid groups (broad SMARTS) is 2. The number of aliphatic carboxylic acids is 2. The molecule has 0 fully saturated rings. The Kier molecular flexibility index (Phi) is 9.07. The molecule has 1 atom stereocenters. The van der Waals surface area contributed by atoms with Gasteiger partial charge in [-0.3, -0.25) is 15.0 Å². The Hall–Kier alpha value is -4.47. The molecule has 2 aromatic rings. The van der Waals surface area contributed by atoms with Crippen LogP contribution in [-0.2, 0) is 14.4 Å². The summed E-state index contributed by atoms with van der Waals surface area (Å²) in [5.74, 6) is -3.27. The fourth-order valence-electron chi connectivity index (χ4n) is 2.89. The number of amidine groups is 1. The smallest absolute Gasteiger partial charge is 0.343 e. The van der Waals surface area contributed by atoms with Crippen molar-refractivity contribution >= 4 is 35.7 Å². The van der Waals surface area contributed by atoms with Gasteiger partial charge in [0.2, 0.25) is 5.91 Å². The first-order chi connectivity index (χ1) is 16.1. The molecule has 0 aliphatic rings. The topological polar surface area (TPSA) is 180 Å². The van der Waals surface area contributed by atoms with Crippen molar-refractivity contribution in [2.24, 2.45) is 5.73 Å². The number of hydrogen-bond donors (Lipinski definition) is 5. The number of hydrogen-bond acceptors (Lipinski definition) is 6. The molecule has 0 aromatic heterocycles. The lowest BCUT2D eigenvalue weighted by molar-refractivity contribution is -0.142. The lowest BCUT2D eigenvalue weighted by atomic mass is 10.1. The summed E-state index contributed by atoms with van der Waals surface area (Å²) in [6, 6.07) is 11.2. The molecule has 10 nitrogen and oxygen atoms in total. The molecule has 10 heteroatoms. The molecule has 1 unspecified atom stereocenters. The zero-order valence-electron chi connectivity index (χ0n) is 18.4. The van der Waals surface area contributed by atoms with Gasteiger partial charge in [-0.05, 0) is 67.8 Å². The van der Waals surface area contributed by atoms with E-state index < -0.39 is 29.9 Å². The van der Waals surface area contributed by atoms with Gasteiger partial charge in [0.1, 0.15) is 17.6 Å². The van der Waals surface area contributed by atoms with Crippen LogP contribution < -0.4 is 15.8 Å².